The molecule has 0 aliphatic rings. The molecule has 0 saturated carbocycles. The van der Waals surface area contributed by atoms with Crippen LogP contribution < -0.4 is 0 Å². The summed E-state index contributed by atoms with van der Waals surface area (Å²) in [5, 5.41) is 4.20. The van der Waals surface area contributed by atoms with Crippen molar-refractivity contribution in [3.05, 3.63) is 188 Å². The molecule has 0 radical (unpaired) electrons. The lowest BCUT2D eigenvalue weighted by Crippen LogP contribution is -2.00. The van der Waals surface area contributed by atoms with E-state index in [-0.39, 0.29) is 0 Å². The molecule has 5 heteroatoms. The Morgan fingerprint density at radius 3 is 1.59 bits per heavy atom. The number of hydrogen-bond donors (Lipinski definition) is 0. The predicted molar refractivity (Wildman–Crippen MR) is 227 cm³/mol. The normalized spacial score (nSPS) is 11.6. The summed E-state index contributed by atoms with van der Waals surface area (Å²) in [4.78, 5) is 15.2. The van der Waals surface area contributed by atoms with Gasteiger partial charge >= 0.3 is 0 Å². The average Bonchev–Trinajstić information content (AvgIpc) is 3.85. The smallest absolute Gasteiger partial charge is 0.167 e. The molecule has 0 unspecified atom stereocenters. The Hall–Kier alpha value is -7.63. The molecule has 3 heterocycles. The SMILES string of the molecule is c1ccc(-c2cccc(-c3nc(-c4ccccc4)nc(-c4cccc5c4oc4ccc(-c6cc(-c7ccccc7)c7oc8ccccc8c7c6)cc45)n3)c2)cc1. The minimum atomic E-state index is 0.550. The molecule has 0 spiro atoms. The summed E-state index contributed by atoms with van der Waals surface area (Å²) in [7, 11) is 0. The largest absolute Gasteiger partial charge is 0.455 e. The minimum absolute atomic E-state index is 0.550. The van der Waals surface area contributed by atoms with Crippen molar-refractivity contribution in [1.29, 1.82) is 0 Å². The molecule has 8 aromatic carbocycles. The third-order valence-electron chi connectivity index (χ3n) is 10.5. The van der Waals surface area contributed by atoms with Crippen LogP contribution in [0.25, 0.3) is 111 Å². The summed E-state index contributed by atoms with van der Waals surface area (Å²) in [6, 6.07) is 64.6. The molecular formula is C51H31N3O2. The molecule has 3 aromatic heterocycles. The number of hydrogen-bond acceptors (Lipinski definition) is 5. The quantitative estimate of drug-likeness (QED) is 0.171. The fraction of sp³-hybridized carbons (Fsp3) is 0. The van der Waals surface area contributed by atoms with Crippen LogP contribution in [-0.2, 0) is 0 Å². The summed E-state index contributed by atoms with van der Waals surface area (Å²) in [6.45, 7) is 0. The van der Waals surface area contributed by atoms with Gasteiger partial charge in [0.1, 0.15) is 22.3 Å². The highest BCUT2D eigenvalue weighted by Gasteiger charge is 2.20. The fourth-order valence-corrected chi connectivity index (χ4v) is 7.79. The second kappa shape index (κ2) is 13.0. The van der Waals surface area contributed by atoms with Crippen molar-refractivity contribution < 1.29 is 8.83 Å². The van der Waals surface area contributed by atoms with E-state index in [0.717, 1.165) is 93.9 Å². The first-order valence-electron chi connectivity index (χ1n) is 18.7. The molecule has 0 bridgehead atoms. The van der Waals surface area contributed by atoms with Crippen LogP contribution in [0.3, 0.4) is 0 Å². The average molecular weight is 718 g/mol. The zero-order chi connectivity index (χ0) is 37.0. The van der Waals surface area contributed by atoms with Gasteiger partial charge in [0.25, 0.3) is 0 Å². The van der Waals surface area contributed by atoms with E-state index in [1.54, 1.807) is 0 Å². The molecule has 0 N–H and O–H groups in total. The molecule has 0 aliphatic heterocycles. The van der Waals surface area contributed by atoms with Gasteiger partial charge in [0, 0.05) is 38.2 Å². The van der Waals surface area contributed by atoms with Gasteiger partial charge in [-0.25, -0.2) is 15.0 Å². The maximum absolute atomic E-state index is 6.69. The lowest BCUT2D eigenvalue weighted by Gasteiger charge is -2.10. The van der Waals surface area contributed by atoms with Crippen LogP contribution in [0, 0.1) is 0 Å². The van der Waals surface area contributed by atoms with Gasteiger partial charge in [0.15, 0.2) is 17.5 Å². The molecule has 56 heavy (non-hydrogen) atoms. The van der Waals surface area contributed by atoms with Gasteiger partial charge in [-0.3, -0.25) is 0 Å². The van der Waals surface area contributed by atoms with Crippen LogP contribution in [0.15, 0.2) is 197 Å². The molecule has 0 fully saturated rings. The van der Waals surface area contributed by atoms with E-state index in [2.05, 4.69) is 127 Å². The Labute approximate surface area is 322 Å². The van der Waals surface area contributed by atoms with Crippen molar-refractivity contribution in [2.75, 3.05) is 0 Å². The third kappa shape index (κ3) is 5.45. The Balaban J connectivity index is 1.07. The highest BCUT2D eigenvalue weighted by molar-refractivity contribution is 6.13. The molecule has 0 aliphatic carbocycles. The molecule has 262 valence electrons. The maximum atomic E-state index is 6.69. The molecule has 5 nitrogen and oxygen atoms in total. The molecule has 11 rings (SSSR count). The van der Waals surface area contributed by atoms with Crippen molar-refractivity contribution in [2.24, 2.45) is 0 Å². The monoisotopic (exact) mass is 717 g/mol. The molecule has 0 saturated heterocycles. The first-order valence-corrected chi connectivity index (χ1v) is 18.7. The van der Waals surface area contributed by atoms with Gasteiger partial charge in [-0.05, 0) is 70.3 Å². The predicted octanol–water partition coefficient (Wildman–Crippen LogP) is 13.7. The number of benzene rings is 8. The van der Waals surface area contributed by atoms with Crippen molar-refractivity contribution in [3.8, 4) is 67.5 Å². The van der Waals surface area contributed by atoms with E-state index in [1.807, 2.05) is 60.7 Å². The number of nitrogens with zero attached hydrogens (tertiary/aromatic N) is 3. The second-order valence-electron chi connectivity index (χ2n) is 14.0. The van der Waals surface area contributed by atoms with Crippen LogP contribution >= 0.6 is 0 Å². The van der Waals surface area contributed by atoms with E-state index >= 15 is 0 Å². The first kappa shape index (κ1) is 31.9. The van der Waals surface area contributed by atoms with Crippen molar-refractivity contribution in [2.45, 2.75) is 0 Å². The zero-order valence-electron chi connectivity index (χ0n) is 30.1. The number of fused-ring (bicyclic) bond motifs is 6. The molecule has 0 atom stereocenters. The summed E-state index contributed by atoms with van der Waals surface area (Å²) >= 11 is 0. The van der Waals surface area contributed by atoms with Gasteiger partial charge in [-0.15, -0.1) is 0 Å². The molecular weight excluding hydrogens is 687 g/mol. The molecule has 0 amide bonds. The standard InChI is InChI=1S/C51H31N3O2/c1-4-14-32(15-5-1)35-20-12-21-37(28-35)50-52-49(34-18-8-3-9-19-34)53-51(54-50)41-24-13-23-40-43-29-36(26-27-46(43)56-47(40)41)38-30-42(33-16-6-2-7-17-33)48-44(31-38)39-22-10-11-25-45(39)55-48/h1-31H. The lowest BCUT2D eigenvalue weighted by molar-refractivity contribution is 0.669. The van der Waals surface area contributed by atoms with Crippen LogP contribution in [0.1, 0.15) is 0 Å². The van der Waals surface area contributed by atoms with Crippen molar-refractivity contribution in [3.63, 3.8) is 0 Å². The van der Waals surface area contributed by atoms with Crippen LogP contribution in [0.4, 0.5) is 0 Å². The fourth-order valence-electron chi connectivity index (χ4n) is 7.79. The van der Waals surface area contributed by atoms with E-state index in [0.29, 0.717) is 17.5 Å². The first-order chi connectivity index (χ1) is 27.7. The topological polar surface area (TPSA) is 65.0 Å². The highest BCUT2D eigenvalue weighted by Crippen LogP contribution is 2.42. The maximum Gasteiger partial charge on any atom is 0.167 e. The number of furan rings is 2. The summed E-state index contributed by atoms with van der Waals surface area (Å²) in [6.07, 6.45) is 0. The van der Waals surface area contributed by atoms with E-state index in [1.165, 1.54) is 0 Å². The Morgan fingerprint density at radius 1 is 0.268 bits per heavy atom. The summed E-state index contributed by atoms with van der Waals surface area (Å²) in [5.41, 5.74) is 12.5. The van der Waals surface area contributed by atoms with E-state index < -0.39 is 0 Å². The van der Waals surface area contributed by atoms with E-state index in [9.17, 15) is 0 Å². The van der Waals surface area contributed by atoms with Crippen molar-refractivity contribution in [1.82, 2.24) is 15.0 Å². The van der Waals surface area contributed by atoms with Gasteiger partial charge in [0.2, 0.25) is 0 Å². The van der Waals surface area contributed by atoms with Crippen LogP contribution in [0.2, 0.25) is 0 Å². The Morgan fingerprint density at radius 2 is 0.804 bits per heavy atom. The van der Waals surface area contributed by atoms with Gasteiger partial charge in [-0.1, -0.05) is 146 Å². The number of para-hydroxylation sites is 2. The highest BCUT2D eigenvalue weighted by atomic mass is 16.3. The van der Waals surface area contributed by atoms with Gasteiger partial charge in [-0.2, -0.15) is 0 Å². The second-order valence-corrected chi connectivity index (χ2v) is 14.0. The van der Waals surface area contributed by atoms with Gasteiger partial charge in [0.05, 0.1) is 5.56 Å². The Kier molecular flexibility index (Phi) is 7.42. The van der Waals surface area contributed by atoms with Crippen LogP contribution in [0.5, 0.6) is 0 Å². The number of aromatic nitrogens is 3. The van der Waals surface area contributed by atoms with Crippen molar-refractivity contribution >= 4 is 43.9 Å². The molecule has 11 aromatic rings. The van der Waals surface area contributed by atoms with E-state index in [4.69, 9.17) is 23.8 Å². The van der Waals surface area contributed by atoms with Crippen LogP contribution in [-0.4, -0.2) is 15.0 Å². The minimum Gasteiger partial charge on any atom is -0.455 e. The van der Waals surface area contributed by atoms with Gasteiger partial charge < -0.3 is 8.83 Å². The number of rotatable bonds is 6. The zero-order valence-corrected chi connectivity index (χ0v) is 30.1. The third-order valence-corrected chi connectivity index (χ3v) is 10.5. The summed E-state index contributed by atoms with van der Waals surface area (Å²) < 4.78 is 13.2. The summed E-state index contributed by atoms with van der Waals surface area (Å²) in [5.74, 6) is 1.74. The lowest BCUT2D eigenvalue weighted by atomic mass is 9.95. The Bertz CT molecular complexity index is 3240.